The molecule has 0 saturated heterocycles. The van der Waals surface area contributed by atoms with Crippen molar-refractivity contribution in [2.24, 2.45) is 0 Å². The van der Waals surface area contributed by atoms with Crippen molar-refractivity contribution in [3.05, 3.63) is 54.1 Å². The van der Waals surface area contributed by atoms with Crippen molar-refractivity contribution in [2.45, 2.75) is 6.92 Å². The Hall–Kier alpha value is -1.63. The van der Waals surface area contributed by atoms with Gasteiger partial charge in [-0.1, -0.05) is 48.6 Å². The van der Waals surface area contributed by atoms with E-state index in [0.717, 1.165) is 5.56 Å². The average molecular weight is 172 g/mol. The highest BCUT2D eigenvalue weighted by molar-refractivity contribution is 5.87. The van der Waals surface area contributed by atoms with Crippen LogP contribution in [0.1, 0.15) is 12.5 Å². The minimum absolute atomic E-state index is 0.0673. The molecule has 1 rings (SSSR count). The second-order valence-corrected chi connectivity index (χ2v) is 2.74. The molecule has 0 fully saturated rings. The Morgan fingerprint density at radius 1 is 1.15 bits per heavy atom. The van der Waals surface area contributed by atoms with Crippen molar-refractivity contribution in [3.8, 4) is 0 Å². The third kappa shape index (κ3) is 4.06. The maximum atomic E-state index is 10.5. The number of hydrogen-bond acceptors (Lipinski definition) is 1. The number of carbonyl (C=O) groups is 1. The number of allylic oxidation sites excluding steroid dienone is 3. The number of hydrogen-bond donors (Lipinski definition) is 0. The molecule has 0 aromatic heterocycles. The molecular formula is C12H12O. The standard InChI is InChI=1S/C12H12O/c1-11(13)7-5-6-10-12-8-3-2-4-9-12/h2-10H,1H3/b7-5+,10-6-. The molecule has 1 aromatic carbocycles. The molecule has 0 aliphatic heterocycles. The summed E-state index contributed by atoms with van der Waals surface area (Å²) >= 11 is 0. The van der Waals surface area contributed by atoms with Crippen molar-refractivity contribution in [1.82, 2.24) is 0 Å². The summed E-state index contributed by atoms with van der Waals surface area (Å²) in [5, 5.41) is 0. The van der Waals surface area contributed by atoms with E-state index in [1.807, 2.05) is 42.5 Å². The molecule has 0 aliphatic rings. The predicted octanol–water partition coefficient (Wildman–Crippen LogP) is 2.85. The Balaban J connectivity index is 2.55. The summed E-state index contributed by atoms with van der Waals surface area (Å²) in [5.41, 5.74) is 1.13. The lowest BCUT2D eigenvalue weighted by molar-refractivity contribution is -0.112. The van der Waals surface area contributed by atoms with Gasteiger partial charge in [0, 0.05) is 0 Å². The van der Waals surface area contributed by atoms with Crippen LogP contribution in [-0.4, -0.2) is 5.78 Å². The molecule has 0 spiro atoms. The van der Waals surface area contributed by atoms with E-state index in [0.29, 0.717) is 0 Å². The fourth-order valence-corrected chi connectivity index (χ4v) is 0.922. The largest absolute Gasteiger partial charge is 0.295 e. The fourth-order valence-electron chi connectivity index (χ4n) is 0.922. The summed E-state index contributed by atoms with van der Waals surface area (Å²) < 4.78 is 0. The average Bonchev–Trinajstić information content (AvgIpc) is 2.14. The lowest BCUT2D eigenvalue weighted by Gasteiger charge is -1.87. The first-order chi connectivity index (χ1) is 6.29. The van der Waals surface area contributed by atoms with Gasteiger partial charge in [0.1, 0.15) is 0 Å². The molecule has 0 amide bonds. The van der Waals surface area contributed by atoms with Crippen molar-refractivity contribution >= 4 is 11.9 Å². The Bertz CT molecular complexity index is 320. The molecule has 0 N–H and O–H groups in total. The summed E-state index contributed by atoms with van der Waals surface area (Å²) in [6, 6.07) is 9.96. The molecular weight excluding hydrogens is 160 g/mol. The normalized spacial score (nSPS) is 11.2. The van der Waals surface area contributed by atoms with Crippen LogP contribution in [0.4, 0.5) is 0 Å². The molecule has 0 unspecified atom stereocenters. The van der Waals surface area contributed by atoms with Crippen LogP contribution in [0.5, 0.6) is 0 Å². The van der Waals surface area contributed by atoms with E-state index >= 15 is 0 Å². The topological polar surface area (TPSA) is 17.1 Å². The summed E-state index contributed by atoms with van der Waals surface area (Å²) in [6.45, 7) is 1.53. The molecule has 0 aliphatic carbocycles. The van der Waals surface area contributed by atoms with E-state index in [1.54, 1.807) is 12.2 Å². The van der Waals surface area contributed by atoms with Crippen LogP contribution in [0.3, 0.4) is 0 Å². The predicted molar refractivity (Wildman–Crippen MR) is 55.3 cm³/mol. The number of ketones is 1. The highest BCUT2D eigenvalue weighted by Gasteiger charge is 1.80. The van der Waals surface area contributed by atoms with Gasteiger partial charge >= 0.3 is 0 Å². The fraction of sp³-hybridized carbons (Fsp3) is 0.0833. The second-order valence-electron chi connectivity index (χ2n) is 2.74. The number of benzene rings is 1. The molecule has 1 nitrogen and oxygen atoms in total. The Morgan fingerprint density at radius 2 is 1.85 bits per heavy atom. The molecule has 0 heterocycles. The van der Waals surface area contributed by atoms with Crippen LogP contribution in [0.25, 0.3) is 6.08 Å². The number of rotatable bonds is 3. The zero-order chi connectivity index (χ0) is 9.52. The maximum absolute atomic E-state index is 10.5. The first kappa shape index (κ1) is 9.46. The first-order valence-corrected chi connectivity index (χ1v) is 4.19. The highest BCUT2D eigenvalue weighted by Crippen LogP contribution is 2.00. The molecule has 1 heteroatoms. The first-order valence-electron chi connectivity index (χ1n) is 4.19. The Kier molecular flexibility index (Phi) is 3.71. The summed E-state index contributed by atoms with van der Waals surface area (Å²) in [5.74, 6) is 0.0673. The summed E-state index contributed by atoms with van der Waals surface area (Å²) in [4.78, 5) is 10.5. The minimum atomic E-state index is 0.0673. The van der Waals surface area contributed by atoms with Gasteiger partial charge < -0.3 is 0 Å². The molecule has 13 heavy (non-hydrogen) atoms. The van der Waals surface area contributed by atoms with E-state index in [1.165, 1.54) is 6.92 Å². The highest BCUT2D eigenvalue weighted by atomic mass is 16.1. The van der Waals surface area contributed by atoms with Gasteiger partial charge in [-0.25, -0.2) is 0 Å². The van der Waals surface area contributed by atoms with E-state index in [2.05, 4.69) is 0 Å². The van der Waals surface area contributed by atoms with Gasteiger partial charge in [0.2, 0.25) is 0 Å². The van der Waals surface area contributed by atoms with Crippen LogP contribution in [0, 0.1) is 0 Å². The van der Waals surface area contributed by atoms with Gasteiger partial charge in [0.25, 0.3) is 0 Å². The van der Waals surface area contributed by atoms with Gasteiger partial charge in [-0.05, 0) is 18.6 Å². The summed E-state index contributed by atoms with van der Waals surface area (Å²) in [7, 11) is 0. The van der Waals surface area contributed by atoms with Gasteiger partial charge in [-0.3, -0.25) is 4.79 Å². The van der Waals surface area contributed by atoms with Crippen LogP contribution < -0.4 is 0 Å². The van der Waals surface area contributed by atoms with Crippen molar-refractivity contribution in [2.75, 3.05) is 0 Å². The van der Waals surface area contributed by atoms with Crippen LogP contribution >= 0.6 is 0 Å². The second kappa shape index (κ2) is 5.09. The van der Waals surface area contributed by atoms with Gasteiger partial charge in [-0.2, -0.15) is 0 Å². The lowest BCUT2D eigenvalue weighted by atomic mass is 10.2. The van der Waals surface area contributed by atoms with Gasteiger partial charge in [0.05, 0.1) is 0 Å². The molecule has 0 saturated carbocycles. The van der Waals surface area contributed by atoms with E-state index in [-0.39, 0.29) is 5.78 Å². The zero-order valence-electron chi connectivity index (χ0n) is 7.60. The summed E-state index contributed by atoms with van der Waals surface area (Å²) in [6.07, 6.45) is 7.10. The monoisotopic (exact) mass is 172 g/mol. The van der Waals surface area contributed by atoms with E-state index < -0.39 is 0 Å². The van der Waals surface area contributed by atoms with E-state index in [9.17, 15) is 4.79 Å². The minimum Gasteiger partial charge on any atom is -0.295 e. The maximum Gasteiger partial charge on any atom is 0.152 e. The molecule has 1 aromatic rings. The van der Waals surface area contributed by atoms with Crippen molar-refractivity contribution in [3.63, 3.8) is 0 Å². The molecule has 0 atom stereocenters. The van der Waals surface area contributed by atoms with Crippen molar-refractivity contribution < 1.29 is 4.79 Å². The lowest BCUT2D eigenvalue weighted by Crippen LogP contribution is -1.77. The van der Waals surface area contributed by atoms with E-state index in [4.69, 9.17) is 0 Å². The van der Waals surface area contributed by atoms with Crippen LogP contribution in [0.15, 0.2) is 48.6 Å². The molecule has 66 valence electrons. The Morgan fingerprint density at radius 3 is 2.46 bits per heavy atom. The molecule has 0 radical (unpaired) electrons. The zero-order valence-corrected chi connectivity index (χ0v) is 7.60. The van der Waals surface area contributed by atoms with Gasteiger partial charge in [0.15, 0.2) is 5.78 Å². The number of carbonyl (C=O) groups excluding carboxylic acids is 1. The van der Waals surface area contributed by atoms with Gasteiger partial charge in [-0.15, -0.1) is 0 Å². The SMILES string of the molecule is CC(=O)/C=C/C=C\c1ccccc1. The van der Waals surface area contributed by atoms with Crippen molar-refractivity contribution in [1.29, 1.82) is 0 Å². The third-order valence-electron chi connectivity index (χ3n) is 1.53. The Labute approximate surface area is 78.4 Å². The smallest absolute Gasteiger partial charge is 0.152 e. The van der Waals surface area contributed by atoms with Crippen LogP contribution in [-0.2, 0) is 4.79 Å². The van der Waals surface area contributed by atoms with Crippen LogP contribution in [0.2, 0.25) is 0 Å². The quantitative estimate of drug-likeness (QED) is 0.506. The third-order valence-corrected chi connectivity index (χ3v) is 1.53. The molecule has 0 bridgehead atoms.